The molecule has 24 heavy (non-hydrogen) atoms. The first-order valence-corrected chi connectivity index (χ1v) is 8.70. The second-order valence-corrected chi connectivity index (χ2v) is 6.83. The first kappa shape index (κ1) is 18.5. The molecule has 5 nitrogen and oxygen atoms in total. The Balaban J connectivity index is 2.03. The molecule has 2 amide bonds. The van der Waals surface area contributed by atoms with Crippen molar-refractivity contribution in [2.45, 2.75) is 13.8 Å². The minimum Gasteiger partial charge on any atom is -0.482 e. The Morgan fingerprint density at radius 2 is 1.71 bits per heavy atom. The van der Waals surface area contributed by atoms with Gasteiger partial charge in [0.1, 0.15) is 5.75 Å². The van der Waals surface area contributed by atoms with Crippen LogP contribution in [0.5, 0.6) is 5.75 Å². The Hall–Kier alpha value is -1.86. The van der Waals surface area contributed by atoms with Crippen molar-refractivity contribution < 1.29 is 14.3 Å². The van der Waals surface area contributed by atoms with Crippen molar-refractivity contribution in [3.63, 3.8) is 0 Å². The molecule has 0 unspecified atom stereocenters. The fourth-order valence-electron chi connectivity index (χ4n) is 2.02. The number of hydrogen-bond donors (Lipinski definition) is 2. The van der Waals surface area contributed by atoms with Gasteiger partial charge >= 0.3 is 0 Å². The van der Waals surface area contributed by atoms with E-state index < -0.39 is 0 Å². The van der Waals surface area contributed by atoms with Gasteiger partial charge in [-0.2, -0.15) is 0 Å². The molecule has 0 aliphatic rings. The quantitative estimate of drug-likeness (QED) is 0.697. The Kier molecular flexibility index (Phi) is 6.39. The first-order valence-electron chi connectivity index (χ1n) is 7.11. The zero-order valence-electron chi connectivity index (χ0n) is 13.2. The van der Waals surface area contributed by atoms with Gasteiger partial charge in [0.2, 0.25) is 5.91 Å². The van der Waals surface area contributed by atoms with Crippen LogP contribution in [0.25, 0.3) is 0 Å². The molecule has 0 spiro atoms. The van der Waals surface area contributed by atoms with Gasteiger partial charge in [0.15, 0.2) is 6.61 Å². The molecule has 2 aromatic carbocycles. The summed E-state index contributed by atoms with van der Waals surface area (Å²) in [5, 5.41) is 5.45. The Morgan fingerprint density at radius 3 is 2.33 bits per heavy atom. The van der Waals surface area contributed by atoms with Crippen LogP contribution in [-0.2, 0) is 9.59 Å². The highest BCUT2D eigenvalue weighted by Gasteiger charge is 2.12. The van der Waals surface area contributed by atoms with E-state index in [-0.39, 0.29) is 18.4 Å². The highest BCUT2D eigenvalue weighted by atomic mass is 79.9. The lowest BCUT2D eigenvalue weighted by molar-refractivity contribution is -0.118. The topological polar surface area (TPSA) is 67.4 Å². The second kappa shape index (κ2) is 8.30. The van der Waals surface area contributed by atoms with Gasteiger partial charge < -0.3 is 15.4 Å². The Labute approximate surface area is 157 Å². The summed E-state index contributed by atoms with van der Waals surface area (Å²) in [6.07, 6.45) is 0. The van der Waals surface area contributed by atoms with E-state index >= 15 is 0 Å². The van der Waals surface area contributed by atoms with Crippen LogP contribution in [-0.4, -0.2) is 18.4 Å². The van der Waals surface area contributed by atoms with E-state index in [4.69, 9.17) is 4.74 Å². The van der Waals surface area contributed by atoms with Crippen molar-refractivity contribution in [3.05, 3.63) is 50.9 Å². The lowest BCUT2D eigenvalue weighted by Gasteiger charge is -2.13. The maximum absolute atomic E-state index is 12.1. The van der Waals surface area contributed by atoms with Crippen LogP contribution in [0.1, 0.15) is 12.5 Å². The van der Waals surface area contributed by atoms with Gasteiger partial charge in [-0.15, -0.1) is 0 Å². The highest BCUT2D eigenvalue weighted by Crippen LogP contribution is 2.32. The van der Waals surface area contributed by atoms with Crippen LogP contribution in [0.15, 0.2) is 45.3 Å². The molecule has 0 bridgehead atoms. The van der Waals surface area contributed by atoms with E-state index in [1.54, 1.807) is 24.3 Å². The lowest BCUT2D eigenvalue weighted by atomic mass is 10.2. The van der Waals surface area contributed by atoms with Gasteiger partial charge in [-0.3, -0.25) is 9.59 Å². The maximum Gasteiger partial charge on any atom is 0.262 e. The summed E-state index contributed by atoms with van der Waals surface area (Å²) in [6.45, 7) is 3.20. The van der Waals surface area contributed by atoms with Crippen LogP contribution in [0, 0.1) is 6.92 Å². The minimum absolute atomic E-state index is 0.177. The molecule has 7 heteroatoms. The number of carbonyl (C=O) groups is 2. The number of amides is 2. The number of rotatable bonds is 5. The fourth-order valence-corrected chi connectivity index (χ4v) is 3.64. The number of halogens is 2. The molecule has 0 aromatic heterocycles. The Bertz CT molecular complexity index is 755. The SMILES string of the molecule is CC(=O)Nc1ccccc1OCC(=O)Nc1c(Br)cc(C)cc1Br. The van der Waals surface area contributed by atoms with E-state index in [9.17, 15) is 9.59 Å². The van der Waals surface area contributed by atoms with Gasteiger partial charge in [0, 0.05) is 15.9 Å². The van der Waals surface area contributed by atoms with Gasteiger partial charge in [-0.25, -0.2) is 0 Å². The molecule has 0 atom stereocenters. The fraction of sp³-hybridized carbons (Fsp3) is 0.176. The van der Waals surface area contributed by atoms with Gasteiger partial charge in [-0.1, -0.05) is 12.1 Å². The van der Waals surface area contributed by atoms with Crippen LogP contribution < -0.4 is 15.4 Å². The molecule has 2 N–H and O–H groups in total. The molecule has 0 fully saturated rings. The predicted octanol–water partition coefficient (Wildman–Crippen LogP) is 4.50. The van der Waals surface area contributed by atoms with Gasteiger partial charge in [0.05, 0.1) is 11.4 Å². The number of aryl methyl sites for hydroxylation is 1. The van der Waals surface area contributed by atoms with E-state index in [1.807, 2.05) is 19.1 Å². The number of anilines is 2. The van der Waals surface area contributed by atoms with Crippen molar-refractivity contribution >= 4 is 55.0 Å². The molecule has 126 valence electrons. The number of benzene rings is 2. The zero-order valence-corrected chi connectivity index (χ0v) is 16.3. The van der Waals surface area contributed by atoms with Gasteiger partial charge in [0.25, 0.3) is 5.91 Å². The summed E-state index contributed by atoms with van der Waals surface area (Å²) in [5.41, 5.74) is 2.23. The predicted molar refractivity (Wildman–Crippen MR) is 101 cm³/mol. The van der Waals surface area contributed by atoms with Crippen LogP contribution >= 0.6 is 31.9 Å². The summed E-state index contributed by atoms with van der Waals surface area (Å²) in [5.74, 6) is -0.0780. The number of ether oxygens (including phenoxy) is 1. The van der Waals surface area contributed by atoms with Crippen molar-refractivity contribution in [2.24, 2.45) is 0 Å². The second-order valence-electron chi connectivity index (χ2n) is 5.12. The van der Waals surface area contributed by atoms with Crippen molar-refractivity contribution in [3.8, 4) is 5.75 Å². The van der Waals surface area contributed by atoms with E-state index in [0.29, 0.717) is 17.1 Å². The first-order chi connectivity index (χ1) is 11.4. The third-order valence-electron chi connectivity index (χ3n) is 3.01. The highest BCUT2D eigenvalue weighted by molar-refractivity contribution is 9.11. The molecule has 0 aliphatic heterocycles. The molecule has 0 heterocycles. The van der Waals surface area contributed by atoms with E-state index in [0.717, 1.165) is 14.5 Å². The number of hydrogen-bond acceptors (Lipinski definition) is 3. The average Bonchev–Trinajstić information content (AvgIpc) is 2.49. The average molecular weight is 456 g/mol. The maximum atomic E-state index is 12.1. The normalized spacial score (nSPS) is 10.2. The summed E-state index contributed by atoms with van der Waals surface area (Å²) in [4.78, 5) is 23.3. The largest absolute Gasteiger partial charge is 0.482 e. The van der Waals surface area contributed by atoms with Crippen LogP contribution in [0.2, 0.25) is 0 Å². The summed E-state index contributed by atoms with van der Waals surface area (Å²) < 4.78 is 7.08. The molecule has 0 saturated heterocycles. The monoisotopic (exact) mass is 454 g/mol. The molecule has 2 aromatic rings. The number of nitrogens with one attached hydrogen (secondary N) is 2. The molecule has 2 rings (SSSR count). The third-order valence-corrected chi connectivity index (χ3v) is 4.26. The number of carbonyl (C=O) groups excluding carboxylic acids is 2. The summed E-state index contributed by atoms with van der Waals surface area (Å²) in [7, 11) is 0. The zero-order chi connectivity index (χ0) is 17.7. The van der Waals surface area contributed by atoms with Crippen LogP contribution in [0.3, 0.4) is 0 Å². The molecular formula is C17H16Br2N2O3. The smallest absolute Gasteiger partial charge is 0.262 e. The lowest BCUT2D eigenvalue weighted by Crippen LogP contribution is -2.21. The van der Waals surface area contributed by atoms with Gasteiger partial charge in [-0.05, 0) is 68.6 Å². The third kappa shape index (κ3) is 5.07. The van der Waals surface area contributed by atoms with Crippen molar-refractivity contribution in [1.29, 1.82) is 0 Å². The summed E-state index contributed by atoms with van der Waals surface area (Å²) in [6, 6.07) is 10.8. The van der Waals surface area contributed by atoms with Crippen molar-refractivity contribution in [1.82, 2.24) is 0 Å². The minimum atomic E-state index is -0.308. The summed E-state index contributed by atoms with van der Waals surface area (Å²) >= 11 is 6.86. The van der Waals surface area contributed by atoms with Crippen molar-refractivity contribution in [2.75, 3.05) is 17.2 Å². The molecule has 0 aliphatic carbocycles. The molecular weight excluding hydrogens is 440 g/mol. The molecule has 0 saturated carbocycles. The standard InChI is InChI=1S/C17H16Br2N2O3/c1-10-7-12(18)17(13(19)8-10)21-16(23)9-24-15-6-4-3-5-14(15)20-11(2)22/h3-8H,9H2,1-2H3,(H,20,22)(H,21,23). The number of para-hydroxylation sites is 2. The Morgan fingerprint density at radius 1 is 1.08 bits per heavy atom. The molecule has 0 radical (unpaired) electrons. The van der Waals surface area contributed by atoms with E-state index in [2.05, 4.69) is 42.5 Å². The van der Waals surface area contributed by atoms with Crippen LogP contribution in [0.4, 0.5) is 11.4 Å². The van der Waals surface area contributed by atoms with E-state index in [1.165, 1.54) is 6.92 Å².